The summed E-state index contributed by atoms with van der Waals surface area (Å²) in [6, 6.07) is 9.90. The molecule has 2 N–H and O–H groups in total. The number of halogens is 1. The number of aromatic amines is 1. The van der Waals surface area contributed by atoms with Crippen LogP contribution in [0.4, 0.5) is 4.39 Å². The molecule has 36 heavy (non-hydrogen) atoms. The largest absolute Gasteiger partial charge is 0.463 e. The molecule has 10 nitrogen and oxygen atoms in total. The van der Waals surface area contributed by atoms with Crippen molar-refractivity contribution in [3.63, 3.8) is 0 Å². The van der Waals surface area contributed by atoms with Crippen molar-refractivity contribution in [2.24, 2.45) is 5.41 Å². The molecule has 1 amide bonds. The zero-order chi connectivity index (χ0) is 25.5. The molecule has 0 aliphatic carbocycles. The van der Waals surface area contributed by atoms with Crippen LogP contribution in [0.3, 0.4) is 0 Å². The lowest BCUT2D eigenvalue weighted by atomic mass is 9.91. The van der Waals surface area contributed by atoms with E-state index in [0.717, 1.165) is 6.42 Å². The van der Waals surface area contributed by atoms with Gasteiger partial charge in [-0.15, -0.1) is 0 Å². The van der Waals surface area contributed by atoms with Crippen LogP contribution in [0.1, 0.15) is 38.8 Å². The van der Waals surface area contributed by atoms with E-state index in [1.54, 1.807) is 31.3 Å². The number of nitrogens with one attached hydrogen (secondary N) is 2. The molecule has 1 aliphatic heterocycles. The van der Waals surface area contributed by atoms with Gasteiger partial charge in [0, 0.05) is 18.3 Å². The Morgan fingerprint density at radius 3 is 2.72 bits per heavy atom. The first-order valence-electron chi connectivity index (χ1n) is 11.6. The maximum Gasteiger partial charge on any atom is 0.316 e. The SMILES string of the molecule is CCCOc1nccc(-c2[nH]c(C3OCC(C)(C(=O)NCCC#N)CO3)nc2-c2ccc(F)cc2)n1. The van der Waals surface area contributed by atoms with Crippen molar-refractivity contribution in [3.8, 4) is 34.7 Å². The highest BCUT2D eigenvalue weighted by Crippen LogP contribution is 2.35. The molecule has 1 aliphatic rings. The van der Waals surface area contributed by atoms with Gasteiger partial charge in [-0.2, -0.15) is 10.2 Å². The smallest absolute Gasteiger partial charge is 0.316 e. The van der Waals surface area contributed by atoms with Crippen molar-refractivity contribution in [2.45, 2.75) is 33.0 Å². The zero-order valence-corrected chi connectivity index (χ0v) is 20.1. The second-order valence-corrected chi connectivity index (χ2v) is 8.60. The third-order valence-electron chi connectivity index (χ3n) is 5.57. The van der Waals surface area contributed by atoms with Crippen molar-refractivity contribution >= 4 is 5.91 Å². The molecule has 4 rings (SSSR count). The van der Waals surface area contributed by atoms with Crippen LogP contribution in [0.5, 0.6) is 6.01 Å². The predicted molar refractivity (Wildman–Crippen MR) is 127 cm³/mol. The van der Waals surface area contributed by atoms with Gasteiger partial charge in [0.2, 0.25) is 12.2 Å². The summed E-state index contributed by atoms with van der Waals surface area (Å²) < 4.78 is 30.9. The van der Waals surface area contributed by atoms with Gasteiger partial charge in [0.25, 0.3) is 0 Å². The van der Waals surface area contributed by atoms with E-state index in [0.29, 0.717) is 35.1 Å². The zero-order valence-electron chi connectivity index (χ0n) is 20.1. The predicted octanol–water partition coefficient (Wildman–Crippen LogP) is 3.54. The highest BCUT2D eigenvalue weighted by atomic mass is 19.1. The average molecular weight is 495 g/mol. The third-order valence-corrected chi connectivity index (χ3v) is 5.57. The minimum Gasteiger partial charge on any atom is -0.463 e. The number of carbonyl (C=O) groups excluding carboxylic acids is 1. The van der Waals surface area contributed by atoms with E-state index in [2.05, 4.69) is 25.3 Å². The summed E-state index contributed by atoms with van der Waals surface area (Å²) in [5.41, 5.74) is 1.39. The Labute approximate surface area is 207 Å². The molecular weight excluding hydrogens is 467 g/mol. The lowest BCUT2D eigenvalue weighted by Gasteiger charge is -2.35. The summed E-state index contributed by atoms with van der Waals surface area (Å²) in [6.45, 7) is 4.67. The van der Waals surface area contributed by atoms with E-state index >= 15 is 0 Å². The lowest BCUT2D eigenvalue weighted by molar-refractivity contribution is -0.231. The van der Waals surface area contributed by atoms with Crippen molar-refractivity contribution in [3.05, 3.63) is 48.2 Å². The number of ether oxygens (including phenoxy) is 3. The summed E-state index contributed by atoms with van der Waals surface area (Å²) in [5.74, 6) is -0.227. The molecule has 1 saturated heterocycles. The Morgan fingerprint density at radius 1 is 1.28 bits per heavy atom. The molecule has 0 saturated carbocycles. The molecule has 0 atom stereocenters. The minimum absolute atomic E-state index is 0.0977. The van der Waals surface area contributed by atoms with Gasteiger partial charge in [0.15, 0.2) is 5.82 Å². The summed E-state index contributed by atoms with van der Waals surface area (Å²) in [6.07, 6.45) is 1.78. The second-order valence-electron chi connectivity index (χ2n) is 8.60. The topological polar surface area (TPSA) is 135 Å². The number of amides is 1. The van der Waals surface area contributed by atoms with Crippen LogP contribution in [0.15, 0.2) is 36.5 Å². The maximum atomic E-state index is 13.6. The van der Waals surface area contributed by atoms with E-state index in [9.17, 15) is 9.18 Å². The van der Waals surface area contributed by atoms with Crippen LogP contribution < -0.4 is 10.1 Å². The van der Waals surface area contributed by atoms with Gasteiger partial charge in [-0.05, 0) is 43.7 Å². The fourth-order valence-corrected chi connectivity index (χ4v) is 3.59. The summed E-state index contributed by atoms with van der Waals surface area (Å²) in [4.78, 5) is 29.1. The molecule has 0 bridgehead atoms. The first-order chi connectivity index (χ1) is 17.4. The number of hydrogen-bond acceptors (Lipinski definition) is 8. The van der Waals surface area contributed by atoms with Crippen LogP contribution in [0.2, 0.25) is 0 Å². The molecule has 0 spiro atoms. The first-order valence-corrected chi connectivity index (χ1v) is 11.6. The Kier molecular flexibility index (Phi) is 7.87. The van der Waals surface area contributed by atoms with Crippen molar-refractivity contribution in [2.75, 3.05) is 26.4 Å². The van der Waals surface area contributed by atoms with E-state index < -0.39 is 11.7 Å². The van der Waals surface area contributed by atoms with Crippen LogP contribution in [0.25, 0.3) is 22.6 Å². The highest BCUT2D eigenvalue weighted by molar-refractivity contribution is 5.82. The van der Waals surface area contributed by atoms with Gasteiger partial charge in [0.05, 0.1) is 54.8 Å². The quantitative estimate of drug-likeness (QED) is 0.431. The second kappa shape index (κ2) is 11.2. The number of nitriles is 1. The fraction of sp³-hybridized carbons (Fsp3) is 0.400. The van der Waals surface area contributed by atoms with Crippen molar-refractivity contribution < 1.29 is 23.4 Å². The number of carbonyl (C=O) groups is 1. The van der Waals surface area contributed by atoms with E-state index in [-0.39, 0.29) is 43.9 Å². The van der Waals surface area contributed by atoms with Gasteiger partial charge in [-0.1, -0.05) is 6.92 Å². The third kappa shape index (κ3) is 5.67. The van der Waals surface area contributed by atoms with Gasteiger partial charge in [-0.25, -0.2) is 14.4 Å². The molecular formula is C25H27FN6O4. The number of nitrogens with zero attached hydrogens (tertiary/aromatic N) is 4. The monoisotopic (exact) mass is 494 g/mol. The fourth-order valence-electron chi connectivity index (χ4n) is 3.59. The van der Waals surface area contributed by atoms with Crippen LogP contribution in [0, 0.1) is 22.6 Å². The van der Waals surface area contributed by atoms with Gasteiger partial charge < -0.3 is 24.5 Å². The molecule has 1 fully saturated rings. The molecule has 0 radical (unpaired) electrons. The molecule has 11 heteroatoms. The van der Waals surface area contributed by atoms with E-state index in [4.69, 9.17) is 19.5 Å². The minimum atomic E-state index is -0.903. The Bertz CT molecular complexity index is 1230. The summed E-state index contributed by atoms with van der Waals surface area (Å²) in [5, 5.41) is 11.4. The van der Waals surface area contributed by atoms with E-state index in [1.807, 2.05) is 13.0 Å². The molecule has 3 aromatic rings. The number of imidazole rings is 1. The van der Waals surface area contributed by atoms with Crippen molar-refractivity contribution in [1.29, 1.82) is 5.26 Å². The summed E-state index contributed by atoms with van der Waals surface area (Å²) in [7, 11) is 0. The van der Waals surface area contributed by atoms with Crippen LogP contribution >= 0.6 is 0 Å². The standard InChI is InChI=1S/C25H27FN6O4/c1-3-13-34-24-29-12-9-18(30-24)20-19(16-5-7-17(26)8-6-16)31-21(32-20)22-35-14-25(2,15-36-22)23(33)28-11-4-10-27/h5-9,12,22H,3-4,11,13-15H2,1-2H3,(H,28,33)(H,31,32). The van der Waals surface area contributed by atoms with Crippen molar-refractivity contribution in [1.82, 2.24) is 25.3 Å². The molecule has 188 valence electrons. The van der Waals surface area contributed by atoms with Crippen LogP contribution in [-0.2, 0) is 14.3 Å². The lowest BCUT2D eigenvalue weighted by Crippen LogP contribution is -2.48. The Morgan fingerprint density at radius 2 is 2.03 bits per heavy atom. The number of H-pyrrole nitrogens is 1. The maximum absolute atomic E-state index is 13.6. The number of rotatable bonds is 9. The molecule has 3 heterocycles. The highest BCUT2D eigenvalue weighted by Gasteiger charge is 2.40. The normalized spacial score (nSPS) is 19.4. The number of benzene rings is 1. The molecule has 2 aromatic heterocycles. The molecule has 1 aromatic carbocycles. The number of aromatic nitrogens is 4. The van der Waals surface area contributed by atoms with Gasteiger partial charge in [-0.3, -0.25) is 4.79 Å². The molecule has 0 unspecified atom stereocenters. The summed E-state index contributed by atoms with van der Waals surface area (Å²) >= 11 is 0. The van der Waals surface area contributed by atoms with E-state index in [1.165, 1.54) is 12.1 Å². The Hall–Kier alpha value is -3.88. The van der Waals surface area contributed by atoms with Gasteiger partial charge in [0.1, 0.15) is 5.82 Å². The Balaban J connectivity index is 1.60. The first kappa shape index (κ1) is 25.2. The number of hydrogen-bond donors (Lipinski definition) is 2. The average Bonchev–Trinajstić information content (AvgIpc) is 3.34. The van der Waals surface area contributed by atoms with Gasteiger partial charge >= 0.3 is 6.01 Å². The van der Waals surface area contributed by atoms with Crippen LogP contribution in [-0.4, -0.2) is 52.2 Å².